The van der Waals surface area contributed by atoms with Crippen LogP contribution in [0.5, 0.6) is 0 Å². The molecule has 1 aromatic carbocycles. The van der Waals surface area contributed by atoms with Gasteiger partial charge in [0.1, 0.15) is 17.2 Å². The number of aryl methyl sites for hydroxylation is 2. The minimum absolute atomic E-state index is 0.299. The third-order valence-corrected chi connectivity index (χ3v) is 3.59. The van der Waals surface area contributed by atoms with Crippen molar-refractivity contribution in [2.24, 2.45) is 7.05 Å². The summed E-state index contributed by atoms with van der Waals surface area (Å²) in [6, 6.07) is 8.98. The van der Waals surface area contributed by atoms with Crippen molar-refractivity contribution < 1.29 is 4.79 Å². The van der Waals surface area contributed by atoms with E-state index in [1.807, 2.05) is 19.1 Å². The lowest BCUT2D eigenvalue weighted by molar-refractivity contribution is 0.102. The summed E-state index contributed by atoms with van der Waals surface area (Å²) in [5.74, 6) is 0.477. The van der Waals surface area contributed by atoms with E-state index in [4.69, 9.17) is 17.3 Å². The second kappa shape index (κ2) is 5.77. The lowest BCUT2D eigenvalue weighted by Crippen LogP contribution is -2.16. The number of rotatable bonds is 3. The van der Waals surface area contributed by atoms with Crippen molar-refractivity contribution in [3.63, 3.8) is 0 Å². The number of nitrogens with zero attached hydrogens (tertiary/aromatic N) is 4. The topological polar surface area (TPSA) is 90.8 Å². The first kappa shape index (κ1) is 15.1. The van der Waals surface area contributed by atoms with Gasteiger partial charge in [-0.2, -0.15) is 10.2 Å². The Morgan fingerprint density at radius 3 is 2.78 bits per heavy atom. The van der Waals surface area contributed by atoms with Gasteiger partial charge in [0.05, 0.1) is 17.6 Å². The van der Waals surface area contributed by atoms with Gasteiger partial charge in [0.2, 0.25) is 0 Å². The average molecular weight is 331 g/mol. The fourth-order valence-electron chi connectivity index (χ4n) is 2.20. The standard InChI is InChI=1S/C15H15ClN6O/c1-9-6-13(19-15(23)12-8-18-21(2)14(12)17)22(20-9)11-5-3-4-10(16)7-11/h3-8H,17H2,1-2H3,(H,19,23). The number of benzene rings is 1. The molecule has 0 aliphatic rings. The van der Waals surface area contributed by atoms with Crippen LogP contribution in [0.4, 0.5) is 11.6 Å². The van der Waals surface area contributed by atoms with E-state index >= 15 is 0 Å². The van der Waals surface area contributed by atoms with Crippen LogP contribution in [0, 0.1) is 6.92 Å². The zero-order valence-electron chi connectivity index (χ0n) is 12.6. The Labute approximate surface area is 137 Å². The van der Waals surface area contributed by atoms with Gasteiger partial charge in [-0.15, -0.1) is 0 Å². The Kier molecular flexibility index (Phi) is 3.79. The van der Waals surface area contributed by atoms with Crippen LogP contribution < -0.4 is 11.1 Å². The SMILES string of the molecule is Cc1cc(NC(=O)c2cnn(C)c2N)n(-c2cccc(Cl)c2)n1. The molecule has 3 aromatic rings. The smallest absolute Gasteiger partial charge is 0.262 e. The molecule has 0 unspecified atom stereocenters. The number of nitrogens with one attached hydrogen (secondary N) is 1. The maximum atomic E-state index is 12.4. The molecule has 0 bridgehead atoms. The molecule has 7 nitrogen and oxygen atoms in total. The molecule has 0 saturated heterocycles. The lowest BCUT2D eigenvalue weighted by Gasteiger charge is -2.09. The van der Waals surface area contributed by atoms with Crippen LogP contribution in [-0.4, -0.2) is 25.5 Å². The van der Waals surface area contributed by atoms with Crippen LogP contribution >= 0.6 is 11.6 Å². The summed E-state index contributed by atoms with van der Waals surface area (Å²) in [6.45, 7) is 1.84. The third kappa shape index (κ3) is 2.91. The number of anilines is 2. The van der Waals surface area contributed by atoms with Gasteiger partial charge < -0.3 is 11.1 Å². The van der Waals surface area contributed by atoms with Gasteiger partial charge >= 0.3 is 0 Å². The van der Waals surface area contributed by atoms with Crippen LogP contribution in [0.3, 0.4) is 0 Å². The molecule has 2 aromatic heterocycles. The second-order valence-corrected chi connectivity index (χ2v) is 5.52. The minimum Gasteiger partial charge on any atom is -0.383 e. The summed E-state index contributed by atoms with van der Waals surface area (Å²) in [5, 5.41) is 11.7. The number of nitrogen functional groups attached to an aromatic ring is 1. The summed E-state index contributed by atoms with van der Waals surface area (Å²) in [4.78, 5) is 12.4. The molecule has 2 heterocycles. The molecule has 0 radical (unpaired) electrons. The van der Waals surface area contributed by atoms with Crippen molar-refractivity contribution in [2.45, 2.75) is 6.92 Å². The minimum atomic E-state index is -0.348. The van der Waals surface area contributed by atoms with Crippen molar-refractivity contribution in [1.29, 1.82) is 0 Å². The van der Waals surface area contributed by atoms with Gasteiger partial charge in [-0.3, -0.25) is 9.48 Å². The Morgan fingerprint density at radius 1 is 1.35 bits per heavy atom. The fraction of sp³-hybridized carbons (Fsp3) is 0.133. The van der Waals surface area contributed by atoms with Crippen LogP contribution in [0.15, 0.2) is 36.5 Å². The van der Waals surface area contributed by atoms with Crippen molar-refractivity contribution in [3.05, 3.63) is 52.8 Å². The average Bonchev–Trinajstić information content (AvgIpc) is 3.03. The highest BCUT2D eigenvalue weighted by atomic mass is 35.5. The summed E-state index contributed by atoms with van der Waals surface area (Å²) >= 11 is 6.02. The molecule has 1 amide bonds. The first-order valence-corrected chi connectivity index (χ1v) is 7.25. The Hall–Kier alpha value is -2.80. The highest BCUT2D eigenvalue weighted by Crippen LogP contribution is 2.21. The second-order valence-electron chi connectivity index (χ2n) is 5.08. The number of hydrogen-bond donors (Lipinski definition) is 2. The molecule has 3 N–H and O–H groups in total. The number of aromatic nitrogens is 4. The van der Waals surface area contributed by atoms with Crippen molar-refractivity contribution in [2.75, 3.05) is 11.1 Å². The van der Waals surface area contributed by atoms with Crippen LogP contribution in [0.2, 0.25) is 5.02 Å². The lowest BCUT2D eigenvalue weighted by atomic mass is 10.3. The maximum Gasteiger partial charge on any atom is 0.262 e. The normalized spacial score (nSPS) is 10.7. The third-order valence-electron chi connectivity index (χ3n) is 3.36. The van der Waals surface area contributed by atoms with Crippen molar-refractivity contribution in [3.8, 4) is 5.69 Å². The molecule has 8 heteroatoms. The molecule has 118 valence electrons. The van der Waals surface area contributed by atoms with Crippen LogP contribution in [-0.2, 0) is 7.05 Å². The van der Waals surface area contributed by atoms with Gasteiger partial charge in [-0.1, -0.05) is 17.7 Å². The Morgan fingerprint density at radius 2 is 2.13 bits per heavy atom. The maximum absolute atomic E-state index is 12.4. The number of carbonyl (C=O) groups is 1. The monoisotopic (exact) mass is 330 g/mol. The molecule has 23 heavy (non-hydrogen) atoms. The Bertz CT molecular complexity index is 882. The van der Waals surface area contributed by atoms with E-state index in [0.29, 0.717) is 22.2 Å². The zero-order chi connectivity index (χ0) is 16.6. The van der Waals surface area contributed by atoms with E-state index in [1.165, 1.54) is 10.9 Å². The van der Waals surface area contributed by atoms with Crippen LogP contribution in [0.25, 0.3) is 5.69 Å². The molecular weight excluding hydrogens is 316 g/mol. The molecule has 0 fully saturated rings. The van der Waals surface area contributed by atoms with Gasteiger partial charge in [0, 0.05) is 18.1 Å². The summed E-state index contributed by atoms with van der Waals surface area (Å²) in [7, 11) is 1.67. The molecule has 0 spiro atoms. The Balaban J connectivity index is 1.95. The number of amides is 1. The van der Waals surface area contributed by atoms with Gasteiger partial charge in [-0.05, 0) is 25.1 Å². The van der Waals surface area contributed by atoms with Gasteiger partial charge in [0.15, 0.2) is 0 Å². The van der Waals surface area contributed by atoms with E-state index in [2.05, 4.69) is 15.5 Å². The highest BCUT2D eigenvalue weighted by molar-refractivity contribution is 6.30. The molecule has 0 aliphatic carbocycles. The predicted octanol–water partition coefficient (Wildman–Crippen LogP) is 2.40. The number of hydrogen-bond acceptors (Lipinski definition) is 4. The predicted molar refractivity (Wildman–Crippen MR) is 88.9 cm³/mol. The summed E-state index contributed by atoms with van der Waals surface area (Å²) in [6.07, 6.45) is 1.43. The summed E-state index contributed by atoms with van der Waals surface area (Å²) < 4.78 is 3.06. The molecule has 3 rings (SSSR count). The van der Waals surface area contributed by atoms with Gasteiger partial charge in [-0.25, -0.2) is 4.68 Å². The zero-order valence-corrected chi connectivity index (χ0v) is 13.4. The fourth-order valence-corrected chi connectivity index (χ4v) is 2.38. The molecule has 0 atom stereocenters. The first-order valence-electron chi connectivity index (χ1n) is 6.87. The molecular formula is C15H15ClN6O. The van der Waals surface area contributed by atoms with Gasteiger partial charge in [0.25, 0.3) is 5.91 Å². The van der Waals surface area contributed by atoms with E-state index in [1.54, 1.807) is 29.9 Å². The molecule has 0 saturated carbocycles. The number of halogens is 1. The summed E-state index contributed by atoms with van der Waals surface area (Å²) in [5.41, 5.74) is 7.65. The largest absolute Gasteiger partial charge is 0.383 e. The van der Waals surface area contributed by atoms with E-state index in [-0.39, 0.29) is 5.91 Å². The van der Waals surface area contributed by atoms with E-state index < -0.39 is 0 Å². The van der Waals surface area contributed by atoms with E-state index in [9.17, 15) is 4.79 Å². The first-order chi connectivity index (χ1) is 11.0. The molecule has 0 aliphatic heterocycles. The van der Waals surface area contributed by atoms with Crippen LogP contribution in [0.1, 0.15) is 16.1 Å². The number of nitrogens with two attached hydrogens (primary N) is 1. The van der Waals surface area contributed by atoms with E-state index in [0.717, 1.165) is 11.4 Å². The number of carbonyl (C=O) groups excluding carboxylic acids is 1. The van der Waals surface area contributed by atoms with Crippen molar-refractivity contribution in [1.82, 2.24) is 19.6 Å². The quantitative estimate of drug-likeness (QED) is 0.771. The highest BCUT2D eigenvalue weighted by Gasteiger charge is 2.17. The van der Waals surface area contributed by atoms with Crippen molar-refractivity contribution >= 4 is 29.1 Å².